The van der Waals surface area contributed by atoms with E-state index in [1.165, 1.54) is 19.3 Å². The monoisotopic (exact) mass is 191 g/mol. The summed E-state index contributed by atoms with van der Waals surface area (Å²) in [6.45, 7) is 5.27. The standard InChI is InChI=1S/C9H21NOS/c1-4-5-6-9(2)10-7-8-12(3)11/h9-10H,4-8H2,1-3H3. The molecule has 0 aliphatic rings. The summed E-state index contributed by atoms with van der Waals surface area (Å²) in [5.74, 6) is 0.774. The normalized spacial score (nSPS) is 15.9. The van der Waals surface area contributed by atoms with Crippen LogP contribution < -0.4 is 5.32 Å². The van der Waals surface area contributed by atoms with Gasteiger partial charge in [0.15, 0.2) is 0 Å². The van der Waals surface area contributed by atoms with Crippen molar-refractivity contribution in [1.82, 2.24) is 5.32 Å². The van der Waals surface area contributed by atoms with E-state index in [4.69, 9.17) is 0 Å². The van der Waals surface area contributed by atoms with Crippen molar-refractivity contribution in [2.45, 2.75) is 39.2 Å². The molecule has 0 aromatic heterocycles. The fourth-order valence-corrected chi connectivity index (χ4v) is 1.47. The highest BCUT2D eigenvalue weighted by Gasteiger charge is 1.99. The van der Waals surface area contributed by atoms with Gasteiger partial charge < -0.3 is 5.32 Å². The Morgan fingerprint density at radius 3 is 2.67 bits per heavy atom. The molecule has 74 valence electrons. The van der Waals surface area contributed by atoms with Gasteiger partial charge >= 0.3 is 0 Å². The van der Waals surface area contributed by atoms with E-state index in [9.17, 15) is 4.21 Å². The first kappa shape index (κ1) is 12.1. The summed E-state index contributed by atoms with van der Waals surface area (Å²) < 4.78 is 10.7. The third-order valence-electron chi connectivity index (χ3n) is 1.87. The number of unbranched alkanes of at least 4 members (excludes halogenated alkanes) is 1. The van der Waals surface area contributed by atoms with Gasteiger partial charge in [0.2, 0.25) is 0 Å². The molecule has 0 aromatic carbocycles. The average Bonchev–Trinajstić information content (AvgIpc) is 2.00. The van der Waals surface area contributed by atoms with E-state index in [0.717, 1.165) is 12.3 Å². The van der Waals surface area contributed by atoms with Crippen molar-refractivity contribution in [1.29, 1.82) is 0 Å². The molecule has 0 spiro atoms. The first-order valence-electron chi connectivity index (χ1n) is 4.70. The van der Waals surface area contributed by atoms with E-state index in [1.807, 2.05) is 0 Å². The van der Waals surface area contributed by atoms with Gasteiger partial charge in [-0.25, -0.2) is 0 Å². The van der Waals surface area contributed by atoms with Crippen LogP contribution in [-0.4, -0.2) is 28.8 Å². The van der Waals surface area contributed by atoms with Crippen LogP contribution in [0.2, 0.25) is 0 Å². The van der Waals surface area contributed by atoms with Gasteiger partial charge in [-0.1, -0.05) is 19.8 Å². The Bertz CT molecular complexity index is 128. The largest absolute Gasteiger partial charge is 0.313 e. The highest BCUT2D eigenvalue weighted by atomic mass is 32.2. The van der Waals surface area contributed by atoms with Crippen molar-refractivity contribution in [3.63, 3.8) is 0 Å². The molecule has 0 rings (SSSR count). The first-order valence-corrected chi connectivity index (χ1v) is 6.43. The van der Waals surface area contributed by atoms with E-state index in [0.29, 0.717) is 6.04 Å². The van der Waals surface area contributed by atoms with Gasteiger partial charge in [0.1, 0.15) is 0 Å². The molecule has 2 unspecified atom stereocenters. The highest BCUT2D eigenvalue weighted by Crippen LogP contribution is 1.98. The van der Waals surface area contributed by atoms with Crippen LogP contribution in [0.5, 0.6) is 0 Å². The van der Waals surface area contributed by atoms with E-state index in [2.05, 4.69) is 19.2 Å². The van der Waals surface area contributed by atoms with Crippen LogP contribution in [0, 0.1) is 0 Å². The van der Waals surface area contributed by atoms with Crippen molar-refractivity contribution in [2.75, 3.05) is 18.6 Å². The Morgan fingerprint density at radius 1 is 1.50 bits per heavy atom. The zero-order chi connectivity index (χ0) is 9.40. The molecule has 0 heterocycles. The van der Waals surface area contributed by atoms with E-state index >= 15 is 0 Å². The number of rotatable bonds is 7. The third kappa shape index (κ3) is 8.21. The minimum atomic E-state index is -0.650. The van der Waals surface area contributed by atoms with Gasteiger partial charge in [0.05, 0.1) is 0 Å². The van der Waals surface area contributed by atoms with Gasteiger partial charge in [-0.2, -0.15) is 0 Å². The van der Waals surface area contributed by atoms with Crippen LogP contribution in [0.3, 0.4) is 0 Å². The Hall–Kier alpha value is 0.110. The SMILES string of the molecule is CCCCC(C)NCCS(C)=O. The van der Waals surface area contributed by atoms with Gasteiger partial charge in [-0.15, -0.1) is 0 Å². The predicted molar refractivity (Wildman–Crippen MR) is 55.9 cm³/mol. The van der Waals surface area contributed by atoms with Crippen molar-refractivity contribution in [3.05, 3.63) is 0 Å². The molecule has 0 saturated heterocycles. The zero-order valence-corrected chi connectivity index (χ0v) is 9.25. The van der Waals surface area contributed by atoms with E-state index < -0.39 is 10.8 Å². The molecule has 0 saturated carbocycles. The Balaban J connectivity index is 3.19. The molecular weight excluding hydrogens is 170 g/mol. The zero-order valence-electron chi connectivity index (χ0n) is 8.43. The maximum atomic E-state index is 10.7. The predicted octanol–water partition coefficient (Wildman–Crippen LogP) is 1.53. The van der Waals surface area contributed by atoms with Gasteiger partial charge in [0, 0.05) is 35.4 Å². The number of nitrogens with one attached hydrogen (secondary N) is 1. The molecule has 12 heavy (non-hydrogen) atoms. The second-order valence-corrected chi connectivity index (χ2v) is 4.83. The summed E-state index contributed by atoms with van der Waals surface area (Å²) in [7, 11) is -0.650. The average molecular weight is 191 g/mol. The summed E-state index contributed by atoms with van der Waals surface area (Å²) in [6.07, 6.45) is 5.51. The third-order valence-corrected chi connectivity index (χ3v) is 2.65. The second-order valence-electron chi connectivity index (χ2n) is 3.27. The summed E-state index contributed by atoms with van der Waals surface area (Å²) in [4.78, 5) is 0. The molecule has 0 aliphatic heterocycles. The van der Waals surface area contributed by atoms with Crippen LogP contribution in [0.25, 0.3) is 0 Å². The number of hydrogen-bond acceptors (Lipinski definition) is 2. The summed E-state index contributed by atoms with van der Waals surface area (Å²) in [5.41, 5.74) is 0. The van der Waals surface area contributed by atoms with E-state index in [1.54, 1.807) is 6.26 Å². The van der Waals surface area contributed by atoms with Crippen LogP contribution in [0.15, 0.2) is 0 Å². The van der Waals surface area contributed by atoms with E-state index in [-0.39, 0.29) is 0 Å². The van der Waals surface area contributed by atoms with Crippen LogP contribution in [0.4, 0.5) is 0 Å². The summed E-state index contributed by atoms with van der Waals surface area (Å²) in [6, 6.07) is 0.577. The van der Waals surface area contributed by atoms with Crippen LogP contribution in [-0.2, 0) is 10.8 Å². The first-order chi connectivity index (χ1) is 5.66. The lowest BCUT2D eigenvalue weighted by molar-refractivity contribution is 0.510. The fourth-order valence-electron chi connectivity index (χ4n) is 1.06. The summed E-state index contributed by atoms with van der Waals surface area (Å²) >= 11 is 0. The lowest BCUT2D eigenvalue weighted by atomic mass is 10.1. The Morgan fingerprint density at radius 2 is 2.17 bits per heavy atom. The van der Waals surface area contributed by atoms with Crippen LogP contribution in [0.1, 0.15) is 33.1 Å². The molecule has 2 nitrogen and oxygen atoms in total. The van der Waals surface area contributed by atoms with Gasteiger partial charge in [-0.05, 0) is 13.3 Å². The highest BCUT2D eigenvalue weighted by molar-refractivity contribution is 7.84. The molecule has 1 N–H and O–H groups in total. The van der Waals surface area contributed by atoms with Crippen molar-refractivity contribution < 1.29 is 4.21 Å². The Labute approximate surface area is 78.6 Å². The lowest BCUT2D eigenvalue weighted by Gasteiger charge is -2.11. The lowest BCUT2D eigenvalue weighted by Crippen LogP contribution is -2.29. The van der Waals surface area contributed by atoms with Crippen molar-refractivity contribution >= 4 is 10.8 Å². The number of hydrogen-bond donors (Lipinski definition) is 1. The maximum Gasteiger partial charge on any atom is 0.0357 e. The van der Waals surface area contributed by atoms with Crippen molar-refractivity contribution in [2.24, 2.45) is 0 Å². The fraction of sp³-hybridized carbons (Fsp3) is 1.00. The molecular formula is C9H21NOS. The molecule has 0 radical (unpaired) electrons. The molecule has 3 heteroatoms. The van der Waals surface area contributed by atoms with Gasteiger partial charge in [0.25, 0.3) is 0 Å². The molecule has 0 bridgehead atoms. The maximum absolute atomic E-state index is 10.7. The van der Waals surface area contributed by atoms with Crippen molar-refractivity contribution in [3.8, 4) is 0 Å². The van der Waals surface area contributed by atoms with Gasteiger partial charge in [-0.3, -0.25) is 4.21 Å². The topological polar surface area (TPSA) is 29.1 Å². The minimum absolute atomic E-state index is 0.577. The molecule has 0 aliphatic carbocycles. The smallest absolute Gasteiger partial charge is 0.0357 e. The molecule has 0 fully saturated rings. The molecule has 0 aromatic rings. The van der Waals surface area contributed by atoms with Crippen LogP contribution >= 0.6 is 0 Å². The molecule has 0 amide bonds. The Kier molecular flexibility index (Phi) is 7.81. The summed E-state index contributed by atoms with van der Waals surface area (Å²) in [5, 5.41) is 3.36. The molecule has 2 atom stereocenters. The quantitative estimate of drug-likeness (QED) is 0.661. The minimum Gasteiger partial charge on any atom is -0.313 e. The second kappa shape index (κ2) is 7.74.